The first-order valence-corrected chi connectivity index (χ1v) is 12.9. The first-order chi connectivity index (χ1) is 19.0. The third kappa shape index (κ3) is 6.22. The zero-order chi connectivity index (χ0) is 27.2. The van der Waals surface area contributed by atoms with Crippen molar-refractivity contribution in [3.8, 4) is 29.1 Å². The normalized spacial score (nSPS) is 14.0. The predicted octanol–water partition coefficient (Wildman–Crippen LogP) is 6.23. The number of carbonyl (C=O) groups excluding carboxylic acids is 1. The zero-order valence-corrected chi connectivity index (χ0v) is 22.3. The Morgan fingerprint density at radius 3 is 2.28 bits per heavy atom. The molecule has 0 aromatic heterocycles. The number of halogens is 1. The summed E-state index contributed by atoms with van der Waals surface area (Å²) in [6, 6.07) is 31.7. The van der Waals surface area contributed by atoms with Crippen molar-refractivity contribution in [2.24, 2.45) is 5.73 Å². The van der Waals surface area contributed by atoms with E-state index in [2.05, 4.69) is 22.0 Å². The number of esters is 1. The molecule has 0 amide bonds. The Hall–Kier alpha value is -4.74. The largest absolute Gasteiger partial charge is 0.489 e. The van der Waals surface area contributed by atoms with E-state index in [9.17, 15) is 10.1 Å². The van der Waals surface area contributed by atoms with Crippen LogP contribution in [0.15, 0.2) is 113 Å². The average molecular weight is 583 g/mol. The van der Waals surface area contributed by atoms with E-state index in [0.717, 1.165) is 21.2 Å². The van der Waals surface area contributed by atoms with Crippen LogP contribution in [-0.4, -0.2) is 12.6 Å². The molecule has 1 unspecified atom stereocenters. The van der Waals surface area contributed by atoms with Crippen molar-refractivity contribution in [3.05, 3.63) is 130 Å². The molecule has 39 heavy (non-hydrogen) atoms. The van der Waals surface area contributed by atoms with Gasteiger partial charge in [-0.25, -0.2) is 4.79 Å². The predicted molar refractivity (Wildman–Crippen MR) is 148 cm³/mol. The van der Waals surface area contributed by atoms with Crippen LogP contribution < -0.4 is 24.7 Å². The van der Waals surface area contributed by atoms with E-state index in [0.29, 0.717) is 29.4 Å². The fraction of sp³-hybridized carbons (Fsp3) is 0.0968. The highest BCUT2D eigenvalue weighted by atomic mass is 79.9. The van der Waals surface area contributed by atoms with E-state index in [1.54, 1.807) is 30.3 Å². The van der Waals surface area contributed by atoms with Crippen molar-refractivity contribution < 1.29 is 23.7 Å². The summed E-state index contributed by atoms with van der Waals surface area (Å²) in [7, 11) is 0. The van der Waals surface area contributed by atoms with Gasteiger partial charge in [0.15, 0.2) is 6.61 Å². The third-order valence-electron chi connectivity index (χ3n) is 6.05. The lowest BCUT2D eigenvalue weighted by Crippen LogP contribution is -2.21. The monoisotopic (exact) mass is 582 g/mol. The van der Waals surface area contributed by atoms with Crippen LogP contribution in [-0.2, 0) is 11.4 Å². The number of rotatable bonds is 8. The van der Waals surface area contributed by atoms with Crippen molar-refractivity contribution in [2.75, 3.05) is 6.61 Å². The summed E-state index contributed by atoms with van der Waals surface area (Å²) in [5.41, 5.74) is 9.07. The second-order valence-electron chi connectivity index (χ2n) is 8.68. The third-order valence-corrected chi connectivity index (χ3v) is 6.58. The van der Waals surface area contributed by atoms with Crippen molar-refractivity contribution in [2.45, 2.75) is 12.5 Å². The fourth-order valence-corrected chi connectivity index (χ4v) is 4.44. The second-order valence-corrected chi connectivity index (χ2v) is 9.60. The van der Waals surface area contributed by atoms with Gasteiger partial charge in [-0.2, -0.15) is 5.26 Å². The molecule has 194 valence electrons. The smallest absolute Gasteiger partial charge is 0.349 e. The molecule has 0 aliphatic carbocycles. The second kappa shape index (κ2) is 11.8. The molecule has 0 saturated heterocycles. The quantitative estimate of drug-likeness (QED) is 0.194. The van der Waals surface area contributed by atoms with E-state index in [1.807, 2.05) is 66.7 Å². The lowest BCUT2D eigenvalue weighted by Gasteiger charge is -2.26. The van der Waals surface area contributed by atoms with Gasteiger partial charge in [-0.3, -0.25) is 0 Å². The maximum atomic E-state index is 12.4. The van der Waals surface area contributed by atoms with Gasteiger partial charge in [0.1, 0.15) is 41.2 Å². The summed E-state index contributed by atoms with van der Waals surface area (Å²) in [6.45, 7) is 0.188. The summed E-state index contributed by atoms with van der Waals surface area (Å²) in [6.07, 6.45) is 0. The van der Waals surface area contributed by atoms with Crippen LogP contribution in [0.5, 0.6) is 23.0 Å². The molecule has 1 atom stereocenters. The molecule has 0 fully saturated rings. The van der Waals surface area contributed by atoms with Crippen molar-refractivity contribution in [1.29, 1.82) is 5.26 Å². The van der Waals surface area contributed by atoms with Gasteiger partial charge in [-0.05, 0) is 53.6 Å². The van der Waals surface area contributed by atoms with E-state index in [1.165, 1.54) is 0 Å². The molecule has 0 spiro atoms. The number of benzene rings is 4. The van der Waals surface area contributed by atoms with E-state index in [4.69, 9.17) is 24.7 Å². The van der Waals surface area contributed by atoms with Crippen LogP contribution in [0.1, 0.15) is 22.6 Å². The highest BCUT2D eigenvalue weighted by molar-refractivity contribution is 9.10. The molecule has 5 rings (SSSR count). The summed E-state index contributed by atoms with van der Waals surface area (Å²) in [5, 5.41) is 9.85. The Morgan fingerprint density at radius 2 is 1.56 bits per heavy atom. The van der Waals surface area contributed by atoms with Gasteiger partial charge in [0.25, 0.3) is 0 Å². The van der Waals surface area contributed by atoms with Gasteiger partial charge in [0, 0.05) is 16.1 Å². The van der Waals surface area contributed by atoms with Gasteiger partial charge in [-0.15, -0.1) is 0 Å². The van der Waals surface area contributed by atoms with Crippen LogP contribution in [0.3, 0.4) is 0 Å². The molecule has 4 aromatic rings. The summed E-state index contributed by atoms with van der Waals surface area (Å²) in [4.78, 5) is 12.4. The fourth-order valence-electron chi connectivity index (χ4n) is 4.17. The molecular formula is C31H23BrN2O5. The summed E-state index contributed by atoms with van der Waals surface area (Å²) >= 11 is 3.35. The molecule has 0 saturated carbocycles. The summed E-state index contributed by atoms with van der Waals surface area (Å²) < 4.78 is 23.5. The Morgan fingerprint density at radius 1 is 0.897 bits per heavy atom. The number of nitriles is 1. The van der Waals surface area contributed by atoms with Crippen LogP contribution in [0, 0.1) is 11.3 Å². The molecule has 0 radical (unpaired) electrons. The minimum Gasteiger partial charge on any atom is -0.489 e. The molecule has 0 bridgehead atoms. The van der Waals surface area contributed by atoms with Gasteiger partial charge in [0.2, 0.25) is 5.88 Å². The zero-order valence-electron chi connectivity index (χ0n) is 20.7. The topological polar surface area (TPSA) is 104 Å². The first kappa shape index (κ1) is 25.9. The Kier molecular flexibility index (Phi) is 7.80. The number of fused-ring (bicyclic) bond motifs is 1. The SMILES string of the molecule is N#CC1=C(N)Oc2cc(OC(=O)COc3ccc(Br)cc3)ccc2C1c1ccc(OCc2ccccc2)cc1. The number of hydrogen-bond acceptors (Lipinski definition) is 7. The maximum absolute atomic E-state index is 12.4. The number of carbonyl (C=O) groups is 1. The van der Waals surface area contributed by atoms with Crippen LogP contribution in [0.25, 0.3) is 0 Å². The van der Waals surface area contributed by atoms with Crippen LogP contribution in [0.2, 0.25) is 0 Å². The number of hydrogen-bond donors (Lipinski definition) is 1. The Bertz CT molecular complexity index is 1550. The minimum atomic E-state index is -0.572. The van der Waals surface area contributed by atoms with Gasteiger partial charge in [-0.1, -0.05) is 64.5 Å². The van der Waals surface area contributed by atoms with Crippen LogP contribution >= 0.6 is 15.9 Å². The Labute approximate surface area is 234 Å². The van der Waals surface area contributed by atoms with Crippen molar-refractivity contribution in [3.63, 3.8) is 0 Å². The van der Waals surface area contributed by atoms with Crippen molar-refractivity contribution in [1.82, 2.24) is 0 Å². The Balaban J connectivity index is 1.30. The average Bonchev–Trinajstić information content (AvgIpc) is 2.96. The van der Waals surface area contributed by atoms with E-state index < -0.39 is 11.9 Å². The van der Waals surface area contributed by atoms with Crippen molar-refractivity contribution >= 4 is 21.9 Å². The lowest BCUT2D eigenvalue weighted by atomic mass is 9.83. The highest BCUT2D eigenvalue weighted by Crippen LogP contribution is 2.43. The standard InChI is InChI=1S/C31H23BrN2O5/c32-22-8-12-24(13-9-22)37-19-29(35)38-25-14-15-26-28(16-25)39-31(34)27(17-33)30(26)21-6-10-23(11-7-21)36-18-20-4-2-1-3-5-20/h1-16,30H,18-19,34H2. The maximum Gasteiger partial charge on any atom is 0.349 e. The molecule has 4 aromatic carbocycles. The van der Waals surface area contributed by atoms with E-state index >= 15 is 0 Å². The summed E-state index contributed by atoms with van der Waals surface area (Å²) in [5.74, 6) is 0.907. The lowest BCUT2D eigenvalue weighted by molar-refractivity contribution is -0.136. The van der Waals surface area contributed by atoms with Gasteiger partial charge < -0.3 is 24.7 Å². The molecule has 8 heteroatoms. The molecular weight excluding hydrogens is 560 g/mol. The van der Waals surface area contributed by atoms with Gasteiger partial charge >= 0.3 is 5.97 Å². The number of nitrogens with two attached hydrogens (primary N) is 1. The number of ether oxygens (including phenoxy) is 4. The number of nitrogens with zero attached hydrogens (tertiary/aromatic N) is 1. The highest BCUT2D eigenvalue weighted by Gasteiger charge is 2.31. The number of allylic oxidation sites excluding steroid dienone is 1. The molecule has 1 aliphatic rings. The molecule has 7 nitrogen and oxygen atoms in total. The van der Waals surface area contributed by atoms with E-state index in [-0.39, 0.29) is 18.2 Å². The first-order valence-electron chi connectivity index (χ1n) is 12.1. The van der Waals surface area contributed by atoms with Crippen LogP contribution in [0.4, 0.5) is 0 Å². The molecule has 2 N–H and O–H groups in total. The van der Waals surface area contributed by atoms with Gasteiger partial charge in [0.05, 0.1) is 5.92 Å². The molecule has 1 heterocycles. The minimum absolute atomic E-state index is 0.00134. The molecule has 1 aliphatic heterocycles.